The maximum atomic E-state index is 12.4. The van der Waals surface area contributed by atoms with Crippen molar-refractivity contribution in [3.05, 3.63) is 82.5 Å². The molecule has 25 heavy (non-hydrogen) atoms. The highest BCUT2D eigenvalue weighted by Gasteiger charge is 2.19. The number of hydrogen-bond acceptors (Lipinski definition) is 4. The molecule has 0 aliphatic carbocycles. The number of benzene rings is 2. The van der Waals surface area contributed by atoms with E-state index in [1.54, 1.807) is 6.92 Å². The van der Waals surface area contributed by atoms with Gasteiger partial charge in [-0.3, -0.25) is 4.79 Å². The Morgan fingerprint density at radius 3 is 2.56 bits per heavy atom. The van der Waals surface area contributed by atoms with Gasteiger partial charge >= 0.3 is 0 Å². The minimum absolute atomic E-state index is 0.0793. The van der Waals surface area contributed by atoms with Crippen LogP contribution < -0.4 is 5.32 Å². The molecule has 0 fully saturated rings. The van der Waals surface area contributed by atoms with Gasteiger partial charge in [0, 0.05) is 24.3 Å². The number of aromatic nitrogens is 2. The molecule has 1 atom stereocenters. The summed E-state index contributed by atoms with van der Waals surface area (Å²) < 4.78 is 5.27. The fourth-order valence-electron chi connectivity index (χ4n) is 2.68. The van der Waals surface area contributed by atoms with Crippen LogP contribution in [-0.4, -0.2) is 16.1 Å². The third-order valence-electron chi connectivity index (χ3n) is 3.85. The molecule has 0 spiro atoms. The molecular formula is C19H18ClN3O2. The van der Waals surface area contributed by atoms with Gasteiger partial charge in [-0.05, 0) is 23.3 Å². The van der Waals surface area contributed by atoms with Crippen LogP contribution in [-0.2, 0) is 11.3 Å². The molecule has 5 nitrogen and oxygen atoms in total. The van der Waals surface area contributed by atoms with Gasteiger partial charge in [-0.25, -0.2) is 0 Å². The van der Waals surface area contributed by atoms with E-state index in [0.29, 0.717) is 23.2 Å². The van der Waals surface area contributed by atoms with E-state index >= 15 is 0 Å². The van der Waals surface area contributed by atoms with Gasteiger partial charge in [-0.15, -0.1) is 10.2 Å². The Hall–Kier alpha value is -2.66. The smallest absolute Gasteiger partial charge is 0.235 e. The Bertz CT molecular complexity index is 849. The van der Waals surface area contributed by atoms with E-state index in [-0.39, 0.29) is 18.4 Å². The second-order valence-corrected chi connectivity index (χ2v) is 6.15. The normalized spacial score (nSPS) is 11.9. The Morgan fingerprint density at radius 2 is 1.88 bits per heavy atom. The van der Waals surface area contributed by atoms with Gasteiger partial charge in [0.1, 0.15) is 0 Å². The molecule has 1 heterocycles. The summed E-state index contributed by atoms with van der Waals surface area (Å²) in [6.45, 7) is 1.93. The van der Waals surface area contributed by atoms with Crippen LogP contribution in [0.5, 0.6) is 0 Å². The monoisotopic (exact) mass is 355 g/mol. The Morgan fingerprint density at radius 1 is 1.12 bits per heavy atom. The van der Waals surface area contributed by atoms with E-state index in [4.69, 9.17) is 16.0 Å². The molecule has 1 N–H and O–H groups in total. The maximum Gasteiger partial charge on any atom is 0.235 e. The summed E-state index contributed by atoms with van der Waals surface area (Å²) >= 11 is 6.13. The molecule has 3 aromatic rings. The largest absolute Gasteiger partial charge is 0.424 e. The van der Waals surface area contributed by atoms with Crippen LogP contribution in [0.3, 0.4) is 0 Å². The van der Waals surface area contributed by atoms with Gasteiger partial charge < -0.3 is 9.73 Å². The molecule has 2 aromatic carbocycles. The van der Waals surface area contributed by atoms with E-state index in [9.17, 15) is 4.79 Å². The number of nitrogens with one attached hydrogen (secondary N) is 1. The first-order valence-electron chi connectivity index (χ1n) is 7.98. The van der Waals surface area contributed by atoms with E-state index in [0.717, 1.165) is 11.1 Å². The van der Waals surface area contributed by atoms with Gasteiger partial charge in [-0.1, -0.05) is 54.1 Å². The highest BCUT2D eigenvalue weighted by atomic mass is 35.5. The number of halogens is 1. The second kappa shape index (κ2) is 7.94. The SMILES string of the molecule is Cc1nnc(CNC(=O)CC(c2ccccc2)c2cccc(Cl)c2)o1. The standard InChI is InChI=1S/C19H18ClN3O2/c1-13-22-23-19(25-13)12-21-18(24)11-17(14-6-3-2-4-7-14)15-8-5-9-16(20)10-15/h2-10,17H,11-12H2,1H3,(H,21,24). The van der Waals surface area contributed by atoms with Crippen LogP contribution in [0, 0.1) is 6.92 Å². The Kier molecular flexibility index (Phi) is 5.46. The fourth-order valence-corrected chi connectivity index (χ4v) is 2.88. The first-order valence-corrected chi connectivity index (χ1v) is 8.35. The molecule has 0 saturated carbocycles. The summed E-state index contributed by atoms with van der Waals surface area (Å²) in [5.74, 6) is 0.698. The first-order chi connectivity index (χ1) is 12.1. The summed E-state index contributed by atoms with van der Waals surface area (Å²) in [4.78, 5) is 12.4. The van der Waals surface area contributed by atoms with Crippen LogP contribution in [0.1, 0.15) is 35.2 Å². The molecule has 0 bridgehead atoms. The van der Waals surface area contributed by atoms with Crippen molar-refractivity contribution < 1.29 is 9.21 Å². The third-order valence-corrected chi connectivity index (χ3v) is 4.08. The van der Waals surface area contributed by atoms with Gasteiger partial charge in [0.15, 0.2) is 0 Å². The van der Waals surface area contributed by atoms with Gasteiger partial charge in [0.2, 0.25) is 17.7 Å². The lowest BCUT2D eigenvalue weighted by Gasteiger charge is -2.18. The predicted molar refractivity (Wildman–Crippen MR) is 95.2 cm³/mol. The minimum Gasteiger partial charge on any atom is -0.424 e. The molecule has 6 heteroatoms. The van der Waals surface area contributed by atoms with Crippen LogP contribution in [0.4, 0.5) is 0 Å². The molecule has 1 aromatic heterocycles. The topological polar surface area (TPSA) is 68.0 Å². The van der Waals surface area contributed by atoms with Crippen molar-refractivity contribution >= 4 is 17.5 Å². The minimum atomic E-state index is -0.0929. The average molecular weight is 356 g/mol. The van der Waals surface area contributed by atoms with Crippen LogP contribution in [0.2, 0.25) is 5.02 Å². The van der Waals surface area contributed by atoms with E-state index in [2.05, 4.69) is 15.5 Å². The molecule has 128 valence electrons. The van der Waals surface area contributed by atoms with Gasteiger partial charge in [0.05, 0.1) is 6.54 Å². The summed E-state index contributed by atoms with van der Waals surface area (Å²) in [5.41, 5.74) is 2.07. The molecule has 0 radical (unpaired) electrons. The van der Waals surface area contributed by atoms with E-state index in [1.165, 1.54) is 0 Å². The number of amides is 1. The van der Waals surface area contributed by atoms with Crippen LogP contribution >= 0.6 is 11.6 Å². The number of hydrogen-bond donors (Lipinski definition) is 1. The number of rotatable bonds is 6. The van der Waals surface area contributed by atoms with Gasteiger partial charge in [0.25, 0.3) is 0 Å². The number of aryl methyl sites for hydroxylation is 1. The summed E-state index contributed by atoms with van der Waals surface area (Å²) in [7, 11) is 0. The molecule has 0 saturated heterocycles. The average Bonchev–Trinajstić information content (AvgIpc) is 3.04. The number of nitrogens with zero attached hydrogens (tertiary/aromatic N) is 2. The van der Waals surface area contributed by atoms with E-state index in [1.807, 2.05) is 54.6 Å². The lowest BCUT2D eigenvalue weighted by atomic mass is 9.88. The van der Waals surface area contributed by atoms with Crippen molar-refractivity contribution in [1.82, 2.24) is 15.5 Å². The fraction of sp³-hybridized carbons (Fsp3) is 0.211. The maximum absolute atomic E-state index is 12.4. The van der Waals surface area contributed by atoms with Crippen LogP contribution in [0.25, 0.3) is 0 Å². The first kappa shape index (κ1) is 17.2. The van der Waals surface area contributed by atoms with Gasteiger partial charge in [-0.2, -0.15) is 0 Å². The quantitative estimate of drug-likeness (QED) is 0.728. The summed E-state index contributed by atoms with van der Waals surface area (Å²) in [6.07, 6.45) is 0.303. The number of carbonyl (C=O) groups excluding carboxylic acids is 1. The predicted octanol–water partition coefficient (Wildman–Crippen LogP) is 3.87. The summed E-state index contributed by atoms with van der Waals surface area (Å²) in [6, 6.07) is 17.5. The lowest BCUT2D eigenvalue weighted by molar-refractivity contribution is -0.121. The summed E-state index contributed by atoms with van der Waals surface area (Å²) in [5, 5.41) is 11.1. The Balaban J connectivity index is 1.74. The van der Waals surface area contributed by atoms with Crippen molar-refractivity contribution in [1.29, 1.82) is 0 Å². The van der Waals surface area contributed by atoms with Crippen molar-refractivity contribution in [3.8, 4) is 0 Å². The number of carbonyl (C=O) groups is 1. The molecular weight excluding hydrogens is 338 g/mol. The van der Waals surface area contributed by atoms with Crippen molar-refractivity contribution in [2.45, 2.75) is 25.8 Å². The highest BCUT2D eigenvalue weighted by Crippen LogP contribution is 2.29. The zero-order chi connectivity index (χ0) is 17.6. The molecule has 0 aliphatic heterocycles. The third kappa shape index (κ3) is 4.67. The van der Waals surface area contributed by atoms with Crippen molar-refractivity contribution in [2.24, 2.45) is 0 Å². The molecule has 0 aliphatic rings. The molecule has 1 amide bonds. The Labute approximate surface area is 151 Å². The van der Waals surface area contributed by atoms with E-state index < -0.39 is 0 Å². The molecule has 3 rings (SSSR count). The lowest BCUT2D eigenvalue weighted by Crippen LogP contribution is -2.25. The zero-order valence-electron chi connectivity index (χ0n) is 13.8. The van der Waals surface area contributed by atoms with Crippen LogP contribution in [0.15, 0.2) is 59.0 Å². The van der Waals surface area contributed by atoms with Crippen molar-refractivity contribution in [3.63, 3.8) is 0 Å². The highest BCUT2D eigenvalue weighted by molar-refractivity contribution is 6.30. The zero-order valence-corrected chi connectivity index (χ0v) is 14.5. The van der Waals surface area contributed by atoms with Crippen molar-refractivity contribution in [2.75, 3.05) is 0 Å². The molecule has 1 unspecified atom stereocenters. The second-order valence-electron chi connectivity index (χ2n) is 5.71.